The van der Waals surface area contributed by atoms with E-state index in [1.165, 1.54) is 0 Å². The summed E-state index contributed by atoms with van der Waals surface area (Å²) >= 11 is 1.55. The largest absolute Gasteiger partial charge is 0.481 e. The molecular weight excluding hydrogens is 310 g/mol. The molecule has 2 aromatic heterocycles. The number of nitrogens with zero attached hydrogens (tertiary/aromatic N) is 2. The highest BCUT2D eigenvalue weighted by atomic mass is 32.1. The predicted molar refractivity (Wildman–Crippen MR) is 92.5 cm³/mol. The van der Waals surface area contributed by atoms with Crippen LogP contribution in [0.3, 0.4) is 0 Å². The molecule has 0 saturated heterocycles. The quantitative estimate of drug-likeness (QED) is 0.798. The van der Waals surface area contributed by atoms with Crippen LogP contribution in [0.4, 0.5) is 0 Å². The second-order valence-electron chi connectivity index (χ2n) is 4.98. The highest BCUT2D eigenvalue weighted by Gasteiger charge is 2.10. The first-order valence-corrected chi connectivity index (χ1v) is 8.05. The van der Waals surface area contributed by atoms with Crippen LogP contribution in [0, 0.1) is 5.92 Å². The van der Waals surface area contributed by atoms with Gasteiger partial charge in [0, 0.05) is 35.4 Å². The zero-order valence-corrected chi connectivity index (χ0v) is 13.9. The van der Waals surface area contributed by atoms with Crippen LogP contribution < -0.4 is 10.5 Å². The fourth-order valence-electron chi connectivity index (χ4n) is 1.88. The Morgan fingerprint density at radius 3 is 2.74 bits per heavy atom. The van der Waals surface area contributed by atoms with Gasteiger partial charge < -0.3 is 10.5 Å². The number of benzene rings is 1. The third-order valence-electron chi connectivity index (χ3n) is 3.23. The molecule has 0 spiro atoms. The lowest BCUT2D eigenvalue weighted by Gasteiger charge is -2.02. The van der Waals surface area contributed by atoms with Crippen LogP contribution in [0.15, 0.2) is 48.0 Å². The van der Waals surface area contributed by atoms with Gasteiger partial charge in [-0.05, 0) is 12.1 Å². The molecule has 0 bridgehead atoms. The number of methoxy groups -OCH3 is 1. The number of pyridine rings is 1. The standard InChI is InChI=1S/C10H9NO.C7H10N2OS/c1-12-10-7-6-8-4-2-3-5-9(8)11-10;1-5(7(8)10)4-6-9-2-3-11-6/h2-7H,1H3;2-3,5H,4H2,1H3,(H2,8,10). The van der Waals surface area contributed by atoms with Gasteiger partial charge in [-0.3, -0.25) is 4.79 Å². The molecule has 0 aliphatic carbocycles. The summed E-state index contributed by atoms with van der Waals surface area (Å²) in [5.41, 5.74) is 6.06. The minimum atomic E-state index is -0.264. The third kappa shape index (κ3) is 5.03. The smallest absolute Gasteiger partial charge is 0.220 e. The summed E-state index contributed by atoms with van der Waals surface area (Å²) in [6.45, 7) is 1.81. The van der Waals surface area contributed by atoms with Crippen LogP contribution in [0.25, 0.3) is 10.9 Å². The molecule has 2 N–H and O–H groups in total. The van der Waals surface area contributed by atoms with E-state index in [4.69, 9.17) is 10.5 Å². The van der Waals surface area contributed by atoms with E-state index >= 15 is 0 Å². The maximum atomic E-state index is 10.6. The number of ether oxygens (including phenoxy) is 1. The second-order valence-corrected chi connectivity index (χ2v) is 5.96. The topological polar surface area (TPSA) is 78.1 Å². The first kappa shape index (κ1) is 16.9. The van der Waals surface area contributed by atoms with Crippen molar-refractivity contribution in [1.82, 2.24) is 9.97 Å². The summed E-state index contributed by atoms with van der Waals surface area (Å²) in [5, 5.41) is 4.00. The Morgan fingerprint density at radius 1 is 1.30 bits per heavy atom. The Morgan fingerprint density at radius 2 is 2.09 bits per heavy atom. The summed E-state index contributed by atoms with van der Waals surface area (Å²) in [6.07, 6.45) is 2.39. The Balaban J connectivity index is 0.000000168. The van der Waals surface area contributed by atoms with Gasteiger partial charge in [0.25, 0.3) is 0 Å². The zero-order valence-electron chi connectivity index (χ0n) is 13.1. The van der Waals surface area contributed by atoms with E-state index in [2.05, 4.69) is 9.97 Å². The molecule has 3 aromatic rings. The number of amides is 1. The molecule has 2 heterocycles. The number of primary amides is 1. The molecule has 1 atom stereocenters. The van der Waals surface area contributed by atoms with Gasteiger partial charge >= 0.3 is 0 Å². The van der Waals surface area contributed by atoms with Crippen molar-refractivity contribution in [2.45, 2.75) is 13.3 Å². The summed E-state index contributed by atoms with van der Waals surface area (Å²) in [6, 6.07) is 11.8. The summed E-state index contributed by atoms with van der Waals surface area (Å²) in [4.78, 5) is 18.9. The van der Waals surface area contributed by atoms with Crippen LogP contribution in [-0.2, 0) is 11.2 Å². The van der Waals surface area contributed by atoms with E-state index in [0.29, 0.717) is 12.3 Å². The van der Waals surface area contributed by atoms with Crippen LogP contribution in [0.2, 0.25) is 0 Å². The van der Waals surface area contributed by atoms with E-state index in [1.54, 1.807) is 24.6 Å². The zero-order chi connectivity index (χ0) is 16.7. The number of fused-ring (bicyclic) bond motifs is 1. The lowest BCUT2D eigenvalue weighted by molar-refractivity contribution is -0.121. The van der Waals surface area contributed by atoms with E-state index < -0.39 is 0 Å². The number of hydrogen-bond donors (Lipinski definition) is 1. The van der Waals surface area contributed by atoms with Crippen LogP contribution in [0.5, 0.6) is 5.88 Å². The number of carbonyl (C=O) groups excluding carboxylic acids is 1. The molecule has 0 aliphatic rings. The number of nitrogens with two attached hydrogens (primary N) is 1. The SMILES string of the molecule is CC(Cc1nccs1)C(N)=O.COc1ccc2ccccc2n1. The molecule has 1 aromatic carbocycles. The van der Waals surface area contributed by atoms with Gasteiger partial charge in [0.1, 0.15) is 0 Å². The van der Waals surface area contributed by atoms with Gasteiger partial charge in [0.2, 0.25) is 11.8 Å². The predicted octanol–water partition coefficient (Wildman–Crippen LogP) is 3.05. The lowest BCUT2D eigenvalue weighted by Crippen LogP contribution is -2.22. The number of para-hydroxylation sites is 1. The molecule has 1 unspecified atom stereocenters. The average Bonchev–Trinajstić information content (AvgIpc) is 3.08. The van der Waals surface area contributed by atoms with Gasteiger partial charge in [-0.15, -0.1) is 11.3 Å². The fourth-order valence-corrected chi connectivity index (χ4v) is 2.62. The highest BCUT2D eigenvalue weighted by molar-refractivity contribution is 7.09. The molecule has 6 heteroatoms. The molecule has 1 amide bonds. The van der Waals surface area contributed by atoms with E-state index in [-0.39, 0.29) is 11.8 Å². The molecular formula is C17H19N3O2S. The third-order valence-corrected chi connectivity index (χ3v) is 4.03. The Hall–Kier alpha value is -2.47. The normalized spacial score (nSPS) is 11.4. The first-order chi connectivity index (χ1) is 11.1. The van der Waals surface area contributed by atoms with E-state index in [9.17, 15) is 4.79 Å². The summed E-state index contributed by atoms with van der Waals surface area (Å²) in [7, 11) is 1.62. The van der Waals surface area contributed by atoms with Crippen molar-refractivity contribution in [3.8, 4) is 5.88 Å². The molecule has 5 nitrogen and oxygen atoms in total. The number of hydrogen-bond acceptors (Lipinski definition) is 5. The van der Waals surface area contributed by atoms with E-state index in [1.807, 2.05) is 48.7 Å². The van der Waals surface area contributed by atoms with Gasteiger partial charge in [0.05, 0.1) is 17.6 Å². The maximum absolute atomic E-state index is 10.6. The van der Waals surface area contributed by atoms with Crippen molar-refractivity contribution in [2.24, 2.45) is 11.7 Å². The Kier molecular flexibility index (Phi) is 6.05. The van der Waals surface area contributed by atoms with Crippen LogP contribution in [-0.4, -0.2) is 23.0 Å². The average molecular weight is 329 g/mol. The monoisotopic (exact) mass is 329 g/mol. The van der Waals surface area contributed by atoms with Crippen LogP contribution in [0.1, 0.15) is 11.9 Å². The van der Waals surface area contributed by atoms with Crippen molar-refractivity contribution in [3.05, 3.63) is 53.0 Å². The van der Waals surface area contributed by atoms with Gasteiger partial charge in [-0.25, -0.2) is 9.97 Å². The molecule has 3 rings (SSSR count). The molecule has 0 saturated carbocycles. The van der Waals surface area contributed by atoms with Gasteiger partial charge in [-0.2, -0.15) is 0 Å². The minimum absolute atomic E-state index is 0.110. The number of aromatic nitrogens is 2. The van der Waals surface area contributed by atoms with Crippen LogP contribution >= 0.6 is 11.3 Å². The van der Waals surface area contributed by atoms with Crippen molar-refractivity contribution in [3.63, 3.8) is 0 Å². The second kappa shape index (κ2) is 8.24. The van der Waals surface area contributed by atoms with Crippen molar-refractivity contribution >= 4 is 28.1 Å². The van der Waals surface area contributed by atoms with Gasteiger partial charge in [-0.1, -0.05) is 25.1 Å². The molecule has 0 radical (unpaired) electrons. The minimum Gasteiger partial charge on any atom is -0.481 e. The Labute approximate surface area is 139 Å². The molecule has 0 fully saturated rings. The first-order valence-electron chi connectivity index (χ1n) is 7.17. The summed E-state index contributed by atoms with van der Waals surface area (Å²) in [5.74, 6) is 0.287. The summed E-state index contributed by atoms with van der Waals surface area (Å²) < 4.78 is 5.01. The molecule has 120 valence electrons. The van der Waals surface area contributed by atoms with Gasteiger partial charge in [0.15, 0.2) is 0 Å². The fraction of sp³-hybridized carbons (Fsp3) is 0.235. The number of rotatable bonds is 4. The van der Waals surface area contributed by atoms with E-state index in [0.717, 1.165) is 15.9 Å². The molecule has 0 aliphatic heterocycles. The highest BCUT2D eigenvalue weighted by Crippen LogP contribution is 2.15. The molecule has 23 heavy (non-hydrogen) atoms. The van der Waals surface area contributed by atoms with Crippen molar-refractivity contribution < 1.29 is 9.53 Å². The maximum Gasteiger partial charge on any atom is 0.220 e. The van der Waals surface area contributed by atoms with Crippen molar-refractivity contribution in [1.29, 1.82) is 0 Å². The number of thiazole rings is 1. The van der Waals surface area contributed by atoms with Crippen molar-refractivity contribution in [2.75, 3.05) is 7.11 Å². The number of carbonyl (C=O) groups is 1. The Bertz CT molecular complexity index is 759. The lowest BCUT2D eigenvalue weighted by atomic mass is 10.1.